The first-order chi connectivity index (χ1) is 11.1. The highest BCUT2D eigenvalue weighted by Gasteiger charge is 2.14. The van der Waals surface area contributed by atoms with E-state index in [-0.39, 0.29) is 11.5 Å². The van der Waals surface area contributed by atoms with E-state index in [2.05, 4.69) is 10.1 Å². The lowest BCUT2D eigenvalue weighted by Crippen LogP contribution is -2.10. The number of sulfone groups is 1. The van der Waals surface area contributed by atoms with Gasteiger partial charge < -0.3 is 4.52 Å². The van der Waals surface area contributed by atoms with Crippen molar-refractivity contribution < 1.29 is 12.9 Å². The van der Waals surface area contributed by atoms with E-state index < -0.39 is 9.84 Å². The fraction of sp³-hybridized carbons (Fsp3) is 0.250. The summed E-state index contributed by atoms with van der Waals surface area (Å²) in [5.74, 6) is 1.21. The van der Waals surface area contributed by atoms with Crippen molar-refractivity contribution in [3.63, 3.8) is 0 Å². The zero-order valence-corrected chi connectivity index (χ0v) is 14.0. The molecule has 3 rings (SSSR count). The van der Waals surface area contributed by atoms with Crippen LogP contribution in [-0.2, 0) is 22.0 Å². The third-order valence-corrected chi connectivity index (χ3v) is 5.83. The molecule has 3 aromatic rings. The lowest BCUT2D eigenvalue weighted by atomic mass is 10.2. The molecule has 2 heterocycles. The van der Waals surface area contributed by atoms with Gasteiger partial charge in [0.2, 0.25) is 11.7 Å². The lowest BCUT2D eigenvalue weighted by Gasteiger charge is -2.03. The Balaban J connectivity index is 1.53. The summed E-state index contributed by atoms with van der Waals surface area (Å²) >= 11 is 1.54. The topological polar surface area (TPSA) is 73.1 Å². The molecule has 0 N–H and O–H groups in total. The van der Waals surface area contributed by atoms with Crippen molar-refractivity contribution in [2.45, 2.75) is 18.6 Å². The standard InChI is InChI=1S/C16H16N2O3S2/c19-23(20,12-13-6-2-1-3-7-13)11-5-9-15-17-16(18-21-15)14-8-4-10-22-14/h1-4,6-8,10H,5,9,11-12H2. The SMILES string of the molecule is O=S(=O)(CCCc1nc(-c2cccs2)no1)Cc1ccccc1. The molecule has 0 spiro atoms. The number of benzene rings is 1. The highest BCUT2D eigenvalue weighted by atomic mass is 32.2. The smallest absolute Gasteiger partial charge is 0.227 e. The number of hydrogen-bond acceptors (Lipinski definition) is 6. The Morgan fingerprint density at radius 1 is 1.09 bits per heavy atom. The zero-order chi connectivity index (χ0) is 16.1. The molecule has 0 aliphatic carbocycles. The monoisotopic (exact) mass is 348 g/mol. The molecule has 5 nitrogen and oxygen atoms in total. The van der Waals surface area contributed by atoms with Crippen LogP contribution in [-0.4, -0.2) is 24.3 Å². The average Bonchev–Trinajstić information content (AvgIpc) is 3.18. The number of nitrogens with zero attached hydrogens (tertiary/aromatic N) is 2. The molecule has 1 aromatic carbocycles. The van der Waals surface area contributed by atoms with Crippen molar-refractivity contribution in [2.75, 3.05) is 5.75 Å². The minimum Gasteiger partial charge on any atom is -0.339 e. The molecular formula is C16H16N2O3S2. The second-order valence-corrected chi connectivity index (χ2v) is 8.30. The maximum absolute atomic E-state index is 12.1. The molecule has 0 aliphatic heterocycles. The van der Waals surface area contributed by atoms with E-state index in [1.807, 2.05) is 47.8 Å². The molecule has 0 saturated heterocycles. The van der Waals surface area contributed by atoms with Gasteiger partial charge in [0.15, 0.2) is 9.84 Å². The molecule has 0 aliphatic rings. The van der Waals surface area contributed by atoms with E-state index in [1.165, 1.54) is 11.3 Å². The summed E-state index contributed by atoms with van der Waals surface area (Å²) in [6.45, 7) is 0. The van der Waals surface area contributed by atoms with E-state index in [9.17, 15) is 8.42 Å². The summed E-state index contributed by atoms with van der Waals surface area (Å²) in [6, 6.07) is 13.0. The molecule has 0 bridgehead atoms. The Morgan fingerprint density at radius 3 is 2.65 bits per heavy atom. The number of hydrogen-bond donors (Lipinski definition) is 0. The number of aryl methyl sites for hydroxylation is 1. The predicted octanol–water partition coefficient (Wildman–Crippen LogP) is 3.35. The van der Waals surface area contributed by atoms with Gasteiger partial charge in [-0.3, -0.25) is 0 Å². The fourth-order valence-corrected chi connectivity index (χ4v) is 4.28. The summed E-state index contributed by atoms with van der Waals surface area (Å²) in [4.78, 5) is 5.24. The van der Waals surface area contributed by atoms with E-state index in [4.69, 9.17) is 4.52 Å². The minimum atomic E-state index is -3.13. The molecule has 0 unspecified atom stereocenters. The molecule has 23 heavy (non-hydrogen) atoms. The van der Waals surface area contributed by atoms with Crippen molar-refractivity contribution in [3.8, 4) is 10.7 Å². The van der Waals surface area contributed by atoms with E-state index >= 15 is 0 Å². The van der Waals surface area contributed by atoms with Crippen molar-refractivity contribution in [3.05, 3.63) is 59.3 Å². The third kappa shape index (κ3) is 4.49. The quantitative estimate of drug-likeness (QED) is 0.655. The van der Waals surface area contributed by atoms with Crippen LogP contribution in [0.3, 0.4) is 0 Å². The van der Waals surface area contributed by atoms with E-state index in [0.717, 1.165) is 10.4 Å². The maximum Gasteiger partial charge on any atom is 0.227 e. The van der Waals surface area contributed by atoms with Crippen molar-refractivity contribution >= 4 is 21.2 Å². The Bertz CT molecular complexity index is 841. The van der Waals surface area contributed by atoms with Gasteiger partial charge in [-0.05, 0) is 23.4 Å². The normalized spacial score (nSPS) is 11.7. The van der Waals surface area contributed by atoms with Gasteiger partial charge in [-0.25, -0.2) is 8.42 Å². The van der Waals surface area contributed by atoms with Crippen LogP contribution >= 0.6 is 11.3 Å². The van der Waals surface area contributed by atoms with Gasteiger partial charge in [0.1, 0.15) is 0 Å². The van der Waals surface area contributed by atoms with Crippen LogP contribution in [0.15, 0.2) is 52.4 Å². The second kappa shape index (κ2) is 7.06. The van der Waals surface area contributed by atoms with Gasteiger partial charge in [-0.15, -0.1) is 11.3 Å². The molecule has 0 fully saturated rings. The van der Waals surface area contributed by atoms with Gasteiger partial charge in [0.05, 0.1) is 16.4 Å². The van der Waals surface area contributed by atoms with Crippen LogP contribution in [0, 0.1) is 0 Å². The highest BCUT2D eigenvalue weighted by molar-refractivity contribution is 7.90. The summed E-state index contributed by atoms with van der Waals surface area (Å²) in [5.41, 5.74) is 0.810. The number of thiophene rings is 1. The average molecular weight is 348 g/mol. The van der Waals surface area contributed by atoms with Crippen molar-refractivity contribution in [2.24, 2.45) is 0 Å². The van der Waals surface area contributed by atoms with Gasteiger partial charge in [0.25, 0.3) is 0 Å². The highest BCUT2D eigenvalue weighted by Crippen LogP contribution is 2.21. The summed E-state index contributed by atoms with van der Waals surface area (Å²) in [7, 11) is -3.13. The fourth-order valence-electron chi connectivity index (χ4n) is 2.21. The summed E-state index contributed by atoms with van der Waals surface area (Å²) < 4.78 is 29.4. The van der Waals surface area contributed by atoms with Crippen molar-refractivity contribution in [1.82, 2.24) is 10.1 Å². The van der Waals surface area contributed by atoms with Gasteiger partial charge >= 0.3 is 0 Å². The zero-order valence-electron chi connectivity index (χ0n) is 12.4. The molecule has 7 heteroatoms. The van der Waals surface area contributed by atoms with Crippen LogP contribution in [0.1, 0.15) is 17.9 Å². The van der Waals surface area contributed by atoms with Crippen molar-refractivity contribution in [1.29, 1.82) is 0 Å². The van der Waals surface area contributed by atoms with Gasteiger partial charge in [0, 0.05) is 6.42 Å². The molecule has 0 saturated carbocycles. The molecule has 0 atom stereocenters. The Hall–Kier alpha value is -1.99. The predicted molar refractivity (Wildman–Crippen MR) is 89.9 cm³/mol. The molecule has 0 amide bonds. The Labute approximate surface area is 138 Å². The molecule has 0 radical (unpaired) electrons. The summed E-state index contributed by atoms with van der Waals surface area (Å²) in [6.07, 6.45) is 0.938. The first-order valence-corrected chi connectivity index (χ1v) is 9.93. The van der Waals surface area contributed by atoms with Gasteiger partial charge in [-0.2, -0.15) is 4.98 Å². The first-order valence-electron chi connectivity index (χ1n) is 7.23. The number of aromatic nitrogens is 2. The largest absolute Gasteiger partial charge is 0.339 e. The lowest BCUT2D eigenvalue weighted by molar-refractivity contribution is 0.378. The van der Waals surface area contributed by atoms with Crippen LogP contribution in [0.25, 0.3) is 10.7 Å². The second-order valence-electron chi connectivity index (χ2n) is 5.17. The van der Waals surface area contributed by atoms with Crippen LogP contribution < -0.4 is 0 Å². The number of rotatable bonds is 7. The Kier molecular flexibility index (Phi) is 4.88. The van der Waals surface area contributed by atoms with Gasteiger partial charge in [-0.1, -0.05) is 41.6 Å². The first kappa shape index (κ1) is 15.9. The van der Waals surface area contributed by atoms with E-state index in [1.54, 1.807) is 0 Å². The summed E-state index contributed by atoms with van der Waals surface area (Å²) in [5, 5.41) is 5.86. The van der Waals surface area contributed by atoms with Crippen LogP contribution in [0.4, 0.5) is 0 Å². The molecule has 2 aromatic heterocycles. The Morgan fingerprint density at radius 2 is 1.91 bits per heavy atom. The molecular weight excluding hydrogens is 332 g/mol. The van der Waals surface area contributed by atoms with E-state index in [0.29, 0.717) is 24.6 Å². The molecule has 120 valence electrons. The van der Waals surface area contributed by atoms with Crippen LogP contribution in [0.2, 0.25) is 0 Å². The van der Waals surface area contributed by atoms with Crippen LogP contribution in [0.5, 0.6) is 0 Å². The minimum absolute atomic E-state index is 0.0676. The third-order valence-electron chi connectivity index (χ3n) is 3.29. The maximum atomic E-state index is 12.1.